The number of fused-ring (bicyclic) bond motifs is 1. The summed E-state index contributed by atoms with van der Waals surface area (Å²) in [6.07, 6.45) is 2.34. The van der Waals surface area contributed by atoms with Gasteiger partial charge in [0, 0.05) is 18.1 Å². The topological polar surface area (TPSA) is 61.8 Å². The van der Waals surface area contributed by atoms with Crippen LogP contribution in [0.25, 0.3) is 16.9 Å². The summed E-state index contributed by atoms with van der Waals surface area (Å²) in [5, 5.41) is 0.632. The van der Waals surface area contributed by atoms with Gasteiger partial charge in [-0.3, -0.25) is 9.36 Å². The van der Waals surface area contributed by atoms with E-state index in [1.54, 1.807) is 10.9 Å². The fraction of sp³-hybridized carbons (Fsp3) is 0.261. The molecule has 0 spiro atoms. The molecule has 0 aliphatic rings. The maximum atomic E-state index is 13.3. The molecule has 2 aromatic heterocycles. The average Bonchev–Trinajstić information content (AvgIpc) is 3.12. The van der Waals surface area contributed by atoms with Crippen LogP contribution in [0.4, 0.5) is 0 Å². The molecular formula is C23H23ClN4O2. The smallest absolute Gasteiger partial charge is 0.320 e. The first kappa shape index (κ1) is 20.2. The van der Waals surface area contributed by atoms with Crippen molar-refractivity contribution in [1.82, 2.24) is 18.7 Å². The highest BCUT2D eigenvalue weighted by Gasteiger charge is 2.19. The van der Waals surface area contributed by atoms with Gasteiger partial charge in [0.15, 0.2) is 11.2 Å². The van der Waals surface area contributed by atoms with E-state index in [0.717, 1.165) is 12.0 Å². The van der Waals surface area contributed by atoms with Gasteiger partial charge >= 0.3 is 5.69 Å². The maximum Gasteiger partial charge on any atom is 0.337 e. The summed E-state index contributed by atoms with van der Waals surface area (Å²) < 4.78 is 4.63. The first-order valence-electron chi connectivity index (χ1n) is 9.96. The number of imidazole rings is 1. The molecule has 7 heteroatoms. The Hall–Kier alpha value is -3.12. The van der Waals surface area contributed by atoms with E-state index in [2.05, 4.69) is 18.8 Å². The molecule has 0 aliphatic carbocycles. The minimum Gasteiger partial charge on any atom is -0.320 e. The number of rotatable bonds is 6. The van der Waals surface area contributed by atoms with Gasteiger partial charge in [0.25, 0.3) is 5.56 Å². The highest BCUT2D eigenvalue weighted by molar-refractivity contribution is 6.30. The van der Waals surface area contributed by atoms with Crippen LogP contribution in [0.5, 0.6) is 0 Å². The van der Waals surface area contributed by atoms with Crippen LogP contribution in [0.15, 0.2) is 70.5 Å². The minimum absolute atomic E-state index is 0.317. The van der Waals surface area contributed by atoms with Crippen LogP contribution in [0.1, 0.15) is 25.8 Å². The zero-order valence-electron chi connectivity index (χ0n) is 17.0. The summed E-state index contributed by atoms with van der Waals surface area (Å²) in [7, 11) is 0. The summed E-state index contributed by atoms with van der Waals surface area (Å²) in [6, 6.07) is 16.8. The third-order valence-corrected chi connectivity index (χ3v) is 5.32. The van der Waals surface area contributed by atoms with Gasteiger partial charge < -0.3 is 4.57 Å². The second-order valence-corrected chi connectivity index (χ2v) is 8.20. The number of hydrogen-bond acceptors (Lipinski definition) is 3. The van der Waals surface area contributed by atoms with Crippen LogP contribution >= 0.6 is 11.6 Å². The monoisotopic (exact) mass is 422 g/mol. The first-order chi connectivity index (χ1) is 14.5. The van der Waals surface area contributed by atoms with Gasteiger partial charge in [-0.25, -0.2) is 14.3 Å². The molecule has 30 heavy (non-hydrogen) atoms. The SMILES string of the molecule is CC(C)CCn1c(=O)c2c(ncn2Cc2cccc(Cl)c2)n(-c2ccccc2)c1=O. The largest absolute Gasteiger partial charge is 0.337 e. The Morgan fingerprint density at radius 3 is 2.50 bits per heavy atom. The molecule has 154 valence electrons. The number of halogens is 1. The highest BCUT2D eigenvalue weighted by Crippen LogP contribution is 2.16. The number of benzene rings is 2. The van der Waals surface area contributed by atoms with Crippen molar-refractivity contribution in [1.29, 1.82) is 0 Å². The number of aromatic nitrogens is 4. The van der Waals surface area contributed by atoms with Crippen molar-refractivity contribution in [2.45, 2.75) is 33.4 Å². The molecule has 0 bridgehead atoms. The Balaban J connectivity index is 1.95. The molecule has 0 saturated carbocycles. The lowest BCUT2D eigenvalue weighted by molar-refractivity contribution is 0.491. The molecule has 0 fully saturated rings. The Bertz CT molecular complexity index is 1300. The predicted molar refractivity (Wildman–Crippen MR) is 120 cm³/mol. The lowest BCUT2D eigenvalue weighted by Crippen LogP contribution is -2.40. The second-order valence-electron chi connectivity index (χ2n) is 7.77. The molecule has 0 saturated heterocycles. The van der Waals surface area contributed by atoms with Crippen LogP contribution in [-0.4, -0.2) is 18.7 Å². The molecule has 0 unspecified atom stereocenters. The molecular weight excluding hydrogens is 400 g/mol. The maximum absolute atomic E-state index is 13.3. The van der Waals surface area contributed by atoms with Crippen molar-refractivity contribution < 1.29 is 0 Å². The quantitative estimate of drug-likeness (QED) is 0.470. The standard InChI is InChI=1S/C23H23ClN4O2/c1-16(2)11-12-27-22(29)20-21(28(23(27)30)19-9-4-3-5-10-19)25-15-26(20)14-17-7-6-8-18(24)13-17/h3-10,13,15-16H,11-12,14H2,1-2H3. The molecule has 6 nitrogen and oxygen atoms in total. The van der Waals surface area contributed by atoms with Gasteiger partial charge in [-0.05, 0) is 42.2 Å². The Labute approximate surface area is 179 Å². The van der Waals surface area contributed by atoms with E-state index in [4.69, 9.17) is 11.6 Å². The minimum atomic E-state index is -0.368. The lowest BCUT2D eigenvalue weighted by Gasteiger charge is -2.13. The summed E-state index contributed by atoms with van der Waals surface area (Å²) in [5.74, 6) is 0.369. The highest BCUT2D eigenvalue weighted by atomic mass is 35.5. The molecule has 0 atom stereocenters. The van der Waals surface area contributed by atoms with Crippen molar-refractivity contribution in [3.05, 3.63) is 92.3 Å². The first-order valence-corrected chi connectivity index (χ1v) is 10.3. The van der Waals surface area contributed by atoms with Crippen molar-refractivity contribution in [3.8, 4) is 5.69 Å². The normalized spacial score (nSPS) is 11.5. The molecule has 2 aromatic carbocycles. The van der Waals surface area contributed by atoms with Gasteiger partial charge in [0.1, 0.15) is 0 Å². The number of hydrogen-bond donors (Lipinski definition) is 0. The Kier molecular flexibility index (Phi) is 5.59. The summed E-state index contributed by atoms with van der Waals surface area (Å²) in [6.45, 7) is 4.94. The number of nitrogens with zero attached hydrogens (tertiary/aromatic N) is 4. The third-order valence-electron chi connectivity index (χ3n) is 5.09. The third kappa shape index (κ3) is 3.83. The molecule has 0 radical (unpaired) electrons. The van der Waals surface area contributed by atoms with Crippen molar-refractivity contribution >= 4 is 22.8 Å². The van der Waals surface area contributed by atoms with Crippen LogP contribution in [0.2, 0.25) is 5.02 Å². The van der Waals surface area contributed by atoms with Gasteiger partial charge in [0.2, 0.25) is 0 Å². The van der Waals surface area contributed by atoms with E-state index in [1.807, 2.05) is 54.6 Å². The Morgan fingerprint density at radius 1 is 1.03 bits per heavy atom. The lowest BCUT2D eigenvalue weighted by atomic mass is 10.1. The van der Waals surface area contributed by atoms with Gasteiger partial charge in [-0.2, -0.15) is 0 Å². The van der Waals surface area contributed by atoms with Crippen LogP contribution in [-0.2, 0) is 13.1 Å². The van der Waals surface area contributed by atoms with Crippen molar-refractivity contribution in [2.75, 3.05) is 0 Å². The fourth-order valence-corrected chi connectivity index (χ4v) is 3.74. The van der Waals surface area contributed by atoms with Gasteiger partial charge in [-0.1, -0.05) is 55.8 Å². The van der Waals surface area contributed by atoms with Gasteiger partial charge in [0.05, 0.1) is 12.0 Å². The van der Waals surface area contributed by atoms with Crippen molar-refractivity contribution in [2.24, 2.45) is 5.92 Å². The molecule has 2 heterocycles. The van der Waals surface area contributed by atoms with Crippen LogP contribution < -0.4 is 11.2 Å². The van der Waals surface area contributed by atoms with E-state index in [1.165, 1.54) is 9.13 Å². The van der Waals surface area contributed by atoms with Crippen LogP contribution in [0.3, 0.4) is 0 Å². The van der Waals surface area contributed by atoms with Crippen molar-refractivity contribution in [3.63, 3.8) is 0 Å². The average molecular weight is 423 g/mol. The van der Waals surface area contributed by atoms with Gasteiger partial charge in [-0.15, -0.1) is 0 Å². The zero-order valence-corrected chi connectivity index (χ0v) is 17.7. The van der Waals surface area contributed by atoms with E-state index in [0.29, 0.717) is 40.9 Å². The summed E-state index contributed by atoms with van der Waals surface area (Å²) >= 11 is 6.12. The van der Waals surface area contributed by atoms with E-state index >= 15 is 0 Å². The second kappa shape index (κ2) is 8.32. The van der Waals surface area contributed by atoms with E-state index in [9.17, 15) is 9.59 Å². The number of para-hydroxylation sites is 1. The van der Waals surface area contributed by atoms with E-state index < -0.39 is 0 Å². The molecule has 4 rings (SSSR count). The molecule has 0 amide bonds. The summed E-state index contributed by atoms with van der Waals surface area (Å²) in [5.41, 5.74) is 1.71. The predicted octanol–water partition coefficient (Wildman–Crippen LogP) is 4.10. The molecule has 4 aromatic rings. The zero-order chi connectivity index (χ0) is 21.3. The Morgan fingerprint density at radius 2 is 1.80 bits per heavy atom. The summed E-state index contributed by atoms with van der Waals surface area (Å²) in [4.78, 5) is 31.1. The molecule has 0 aliphatic heterocycles. The van der Waals surface area contributed by atoms with Crippen LogP contribution in [0, 0.1) is 5.92 Å². The van der Waals surface area contributed by atoms with E-state index in [-0.39, 0.29) is 11.2 Å². The fourth-order valence-electron chi connectivity index (χ4n) is 3.53. The molecule has 0 N–H and O–H groups in total.